The van der Waals surface area contributed by atoms with Crippen LogP contribution in [0, 0.1) is 13.8 Å². The monoisotopic (exact) mass is 359 g/mol. The van der Waals surface area contributed by atoms with E-state index in [9.17, 15) is 4.79 Å². The van der Waals surface area contributed by atoms with Gasteiger partial charge in [0.2, 0.25) is 0 Å². The average Bonchev–Trinajstić information content (AvgIpc) is 2.60. The highest BCUT2D eigenvalue weighted by molar-refractivity contribution is 6.31. The van der Waals surface area contributed by atoms with Gasteiger partial charge in [0.25, 0.3) is 5.91 Å². The van der Waals surface area contributed by atoms with Crippen molar-refractivity contribution in [3.63, 3.8) is 0 Å². The zero-order valence-electron chi connectivity index (χ0n) is 15.1. The van der Waals surface area contributed by atoms with E-state index in [1.807, 2.05) is 56.3 Å². The highest BCUT2D eigenvalue weighted by atomic mass is 35.5. The Balaban J connectivity index is 1.81. The first kappa shape index (κ1) is 19.3. The van der Waals surface area contributed by atoms with Crippen LogP contribution >= 0.6 is 11.6 Å². The van der Waals surface area contributed by atoms with E-state index < -0.39 is 6.10 Å². The summed E-state index contributed by atoms with van der Waals surface area (Å²) in [5, 5.41) is 3.74. The lowest BCUT2D eigenvalue weighted by Crippen LogP contribution is -2.38. The Bertz CT molecular complexity index is 715. The summed E-state index contributed by atoms with van der Waals surface area (Å²) in [5.74, 6) is 0.668. The lowest BCUT2D eigenvalue weighted by Gasteiger charge is -2.18. The largest absolute Gasteiger partial charge is 0.481 e. The quantitative estimate of drug-likeness (QED) is 0.683. The van der Waals surface area contributed by atoms with Crippen LogP contribution in [0.3, 0.4) is 0 Å². The summed E-state index contributed by atoms with van der Waals surface area (Å²) in [5.41, 5.74) is 3.48. The second-order valence-electron chi connectivity index (χ2n) is 6.25. The molecule has 0 saturated heterocycles. The molecule has 0 spiro atoms. The van der Waals surface area contributed by atoms with Crippen molar-refractivity contribution in [3.8, 4) is 5.75 Å². The first-order valence-corrected chi connectivity index (χ1v) is 9.14. The molecule has 0 unspecified atom stereocenters. The third-order valence-corrected chi connectivity index (χ3v) is 4.67. The van der Waals surface area contributed by atoms with Crippen molar-refractivity contribution in [1.82, 2.24) is 5.32 Å². The lowest BCUT2D eigenvalue weighted by atomic mass is 10.1. The SMILES string of the molecule is CC[C@H](Oc1ccc(C)c(C)c1)C(=O)NCCCc1ccccc1Cl. The maximum absolute atomic E-state index is 12.3. The van der Waals surface area contributed by atoms with E-state index in [1.54, 1.807) is 0 Å². The fraction of sp³-hybridized carbons (Fsp3) is 0.381. The molecule has 0 aliphatic heterocycles. The number of nitrogens with one attached hydrogen (secondary N) is 1. The molecule has 0 aliphatic carbocycles. The fourth-order valence-electron chi connectivity index (χ4n) is 2.58. The molecule has 134 valence electrons. The van der Waals surface area contributed by atoms with Gasteiger partial charge < -0.3 is 10.1 Å². The van der Waals surface area contributed by atoms with E-state index in [4.69, 9.17) is 16.3 Å². The van der Waals surface area contributed by atoms with Crippen molar-refractivity contribution >= 4 is 17.5 Å². The molecule has 2 aromatic carbocycles. The van der Waals surface area contributed by atoms with E-state index >= 15 is 0 Å². The van der Waals surface area contributed by atoms with Crippen LogP contribution in [0.25, 0.3) is 0 Å². The fourth-order valence-corrected chi connectivity index (χ4v) is 2.81. The molecular weight excluding hydrogens is 334 g/mol. The number of hydrogen-bond donors (Lipinski definition) is 1. The summed E-state index contributed by atoms with van der Waals surface area (Å²) in [6.07, 6.45) is 1.84. The number of carbonyl (C=O) groups excluding carboxylic acids is 1. The molecule has 2 rings (SSSR count). The number of rotatable bonds is 8. The zero-order chi connectivity index (χ0) is 18.2. The zero-order valence-corrected chi connectivity index (χ0v) is 15.9. The van der Waals surface area contributed by atoms with Crippen LogP contribution < -0.4 is 10.1 Å². The molecule has 0 bridgehead atoms. The molecule has 0 heterocycles. The van der Waals surface area contributed by atoms with Crippen LogP contribution in [0.5, 0.6) is 5.75 Å². The summed E-state index contributed by atoms with van der Waals surface area (Å²) in [6, 6.07) is 13.7. The Morgan fingerprint density at radius 2 is 1.92 bits per heavy atom. The van der Waals surface area contributed by atoms with Gasteiger partial charge in [-0.25, -0.2) is 0 Å². The van der Waals surface area contributed by atoms with E-state index in [2.05, 4.69) is 12.2 Å². The van der Waals surface area contributed by atoms with E-state index in [0.29, 0.717) is 13.0 Å². The minimum absolute atomic E-state index is 0.0695. The molecule has 25 heavy (non-hydrogen) atoms. The van der Waals surface area contributed by atoms with Crippen molar-refractivity contribution in [1.29, 1.82) is 0 Å². The second kappa shape index (κ2) is 9.47. The van der Waals surface area contributed by atoms with E-state index in [0.717, 1.165) is 34.7 Å². The van der Waals surface area contributed by atoms with Crippen molar-refractivity contribution in [3.05, 3.63) is 64.2 Å². The second-order valence-corrected chi connectivity index (χ2v) is 6.65. The Hall–Kier alpha value is -2.00. The number of amides is 1. The van der Waals surface area contributed by atoms with E-state index in [1.165, 1.54) is 5.56 Å². The van der Waals surface area contributed by atoms with Crippen molar-refractivity contribution in [2.75, 3.05) is 6.54 Å². The van der Waals surface area contributed by atoms with Gasteiger partial charge in [-0.2, -0.15) is 0 Å². The predicted molar refractivity (Wildman–Crippen MR) is 103 cm³/mol. The van der Waals surface area contributed by atoms with Crippen molar-refractivity contribution in [2.24, 2.45) is 0 Å². The normalized spacial score (nSPS) is 11.8. The number of aryl methyl sites for hydroxylation is 3. The van der Waals surface area contributed by atoms with Crippen LogP contribution in [0.1, 0.15) is 36.5 Å². The lowest BCUT2D eigenvalue weighted by molar-refractivity contribution is -0.128. The molecule has 1 N–H and O–H groups in total. The maximum Gasteiger partial charge on any atom is 0.261 e. The van der Waals surface area contributed by atoms with Gasteiger partial charge in [-0.1, -0.05) is 42.8 Å². The van der Waals surface area contributed by atoms with Gasteiger partial charge in [-0.05, 0) is 68.0 Å². The van der Waals surface area contributed by atoms with Crippen LogP contribution in [0.4, 0.5) is 0 Å². The number of benzene rings is 2. The molecule has 2 aromatic rings. The molecule has 1 atom stereocenters. The van der Waals surface area contributed by atoms with Crippen LogP contribution in [0.2, 0.25) is 5.02 Å². The first-order chi connectivity index (χ1) is 12.0. The molecular formula is C21H26ClNO2. The number of ether oxygens (including phenoxy) is 1. The summed E-state index contributed by atoms with van der Waals surface area (Å²) >= 11 is 6.15. The summed E-state index contributed by atoms with van der Waals surface area (Å²) < 4.78 is 5.86. The molecule has 4 heteroatoms. The third kappa shape index (κ3) is 5.79. The van der Waals surface area contributed by atoms with Crippen LogP contribution in [-0.2, 0) is 11.2 Å². The van der Waals surface area contributed by atoms with Gasteiger partial charge in [0.15, 0.2) is 6.10 Å². The minimum Gasteiger partial charge on any atom is -0.481 e. The summed E-state index contributed by atoms with van der Waals surface area (Å²) in [6.45, 7) is 6.66. The van der Waals surface area contributed by atoms with Gasteiger partial charge in [-0.3, -0.25) is 4.79 Å². The Morgan fingerprint density at radius 3 is 2.60 bits per heavy atom. The third-order valence-electron chi connectivity index (χ3n) is 4.30. The highest BCUT2D eigenvalue weighted by Crippen LogP contribution is 2.19. The maximum atomic E-state index is 12.3. The first-order valence-electron chi connectivity index (χ1n) is 8.76. The topological polar surface area (TPSA) is 38.3 Å². The molecule has 1 amide bonds. The van der Waals surface area contributed by atoms with Crippen LogP contribution in [-0.4, -0.2) is 18.6 Å². The Kier molecular flexibility index (Phi) is 7.32. The molecule has 0 aromatic heterocycles. The van der Waals surface area contributed by atoms with Gasteiger partial charge in [0, 0.05) is 11.6 Å². The minimum atomic E-state index is -0.470. The predicted octanol–water partition coefficient (Wildman–Crippen LogP) is 4.86. The van der Waals surface area contributed by atoms with Gasteiger partial charge in [0.1, 0.15) is 5.75 Å². The Labute approximate surface area is 155 Å². The number of hydrogen-bond acceptors (Lipinski definition) is 2. The molecule has 0 saturated carbocycles. The standard InChI is InChI=1S/C21H26ClNO2/c1-4-20(25-18-12-11-15(2)16(3)14-18)21(24)23-13-7-9-17-8-5-6-10-19(17)22/h5-6,8,10-12,14,20H,4,7,9,13H2,1-3H3,(H,23,24)/t20-/m0/s1. The van der Waals surface area contributed by atoms with Gasteiger partial charge in [-0.15, -0.1) is 0 Å². The molecule has 0 aliphatic rings. The highest BCUT2D eigenvalue weighted by Gasteiger charge is 2.18. The molecule has 0 radical (unpaired) electrons. The summed E-state index contributed by atoms with van der Waals surface area (Å²) in [4.78, 5) is 12.3. The smallest absolute Gasteiger partial charge is 0.261 e. The number of halogens is 1. The molecule has 0 fully saturated rings. The van der Waals surface area contributed by atoms with Gasteiger partial charge >= 0.3 is 0 Å². The van der Waals surface area contributed by atoms with Crippen molar-refractivity contribution < 1.29 is 9.53 Å². The van der Waals surface area contributed by atoms with E-state index in [-0.39, 0.29) is 5.91 Å². The molecule has 3 nitrogen and oxygen atoms in total. The number of carbonyl (C=O) groups is 1. The average molecular weight is 360 g/mol. The van der Waals surface area contributed by atoms with Gasteiger partial charge in [0.05, 0.1) is 0 Å². The van der Waals surface area contributed by atoms with Crippen LogP contribution in [0.15, 0.2) is 42.5 Å². The van der Waals surface area contributed by atoms with Crippen molar-refractivity contribution in [2.45, 2.75) is 46.1 Å². The Morgan fingerprint density at radius 1 is 1.16 bits per heavy atom. The summed E-state index contributed by atoms with van der Waals surface area (Å²) in [7, 11) is 0.